The Morgan fingerprint density at radius 2 is 1.81 bits per heavy atom. The molecule has 1 atom stereocenters. The van der Waals surface area contributed by atoms with Crippen LogP contribution in [0, 0.1) is 5.92 Å². The second kappa shape index (κ2) is 10.0. The maximum absolute atomic E-state index is 12.3. The van der Waals surface area contributed by atoms with Gasteiger partial charge in [-0.25, -0.2) is 0 Å². The molecule has 0 radical (unpaired) electrons. The van der Waals surface area contributed by atoms with Gasteiger partial charge in [0.1, 0.15) is 13.2 Å². The summed E-state index contributed by atoms with van der Waals surface area (Å²) >= 11 is 0. The lowest BCUT2D eigenvalue weighted by Crippen LogP contribution is -2.31. The van der Waals surface area contributed by atoms with Crippen LogP contribution in [0.25, 0.3) is 0 Å². The maximum Gasteiger partial charge on any atom is 0.220 e. The Labute approximate surface area is 155 Å². The number of nitrogens with one attached hydrogen (secondary N) is 2. The van der Waals surface area contributed by atoms with E-state index in [1.807, 2.05) is 18.2 Å². The van der Waals surface area contributed by atoms with Gasteiger partial charge in [0.15, 0.2) is 11.5 Å². The smallest absolute Gasteiger partial charge is 0.220 e. The van der Waals surface area contributed by atoms with Gasteiger partial charge in [0.2, 0.25) is 11.8 Å². The molecular formula is C20H30N2O4. The van der Waals surface area contributed by atoms with Crippen molar-refractivity contribution in [3.05, 3.63) is 23.8 Å². The van der Waals surface area contributed by atoms with Crippen molar-refractivity contribution in [1.29, 1.82) is 0 Å². The third-order valence-corrected chi connectivity index (χ3v) is 4.36. The molecule has 0 bridgehead atoms. The van der Waals surface area contributed by atoms with Crippen LogP contribution in [0.3, 0.4) is 0 Å². The molecule has 6 nitrogen and oxygen atoms in total. The summed E-state index contributed by atoms with van der Waals surface area (Å²) in [7, 11) is 0. The molecule has 1 aliphatic rings. The molecule has 0 fully saturated rings. The predicted octanol–water partition coefficient (Wildman–Crippen LogP) is 2.97. The highest BCUT2D eigenvalue weighted by atomic mass is 16.6. The summed E-state index contributed by atoms with van der Waals surface area (Å²) in [5, 5.41) is 5.91. The number of fused-ring (bicyclic) bond motifs is 1. The zero-order chi connectivity index (χ0) is 18.9. The Morgan fingerprint density at radius 1 is 1.08 bits per heavy atom. The molecule has 6 heteroatoms. The highest BCUT2D eigenvalue weighted by Gasteiger charge is 2.21. The fourth-order valence-corrected chi connectivity index (χ4v) is 2.99. The van der Waals surface area contributed by atoms with E-state index in [1.54, 1.807) is 0 Å². The van der Waals surface area contributed by atoms with Gasteiger partial charge in [-0.05, 0) is 36.5 Å². The van der Waals surface area contributed by atoms with E-state index < -0.39 is 0 Å². The predicted molar refractivity (Wildman–Crippen MR) is 100 cm³/mol. The van der Waals surface area contributed by atoms with Gasteiger partial charge in [-0.15, -0.1) is 0 Å². The van der Waals surface area contributed by atoms with Crippen molar-refractivity contribution in [2.75, 3.05) is 19.8 Å². The van der Waals surface area contributed by atoms with E-state index in [9.17, 15) is 9.59 Å². The van der Waals surface area contributed by atoms with Gasteiger partial charge < -0.3 is 20.1 Å². The van der Waals surface area contributed by atoms with Crippen LogP contribution < -0.4 is 20.1 Å². The molecule has 0 spiro atoms. The van der Waals surface area contributed by atoms with E-state index in [4.69, 9.17) is 9.47 Å². The van der Waals surface area contributed by atoms with E-state index in [0.29, 0.717) is 26.2 Å². The minimum absolute atomic E-state index is 0.0121. The van der Waals surface area contributed by atoms with Gasteiger partial charge >= 0.3 is 0 Å². The van der Waals surface area contributed by atoms with Gasteiger partial charge in [0, 0.05) is 19.9 Å². The Balaban J connectivity index is 1.84. The Kier molecular flexibility index (Phi) is 7.75. The highest BCUT2D eigenvalue weighted by molar-refractivity contribution is 5.76. The summed E-state index contributed by atoms with van der Waals surface area (Å²) in [6, 6.07) is 5.81. The molecule has 144 valence electrons. The summed E-state index contributed by atoms with van der Waals surface area (Å²) in [4.78, 5) is 23.1. The number of benzene rings is 1. The van der Waals surface area contributed by atoms with Crippen molar-refractivity contribution in [2.45, 2.75) is 52.5 Å². The molecule has 1 aliphatic heterocycles. The second-order valence-electron chi connectivity index (χ2n) is 6.99. The molecule has 0 aliphatic carbocycles. The lowest BCUT2D eigenvalue weighted by atomic mass is 9.95. The van der Waals surface area contributed by atoms with Crippen molar-refractivity contribution in [3.63, 3.8) is 0 Å². The Bertz CT molecular complexity index is 616. The fourth-order valence-electron chi connectivity index (χ4n) is 2.99. The first-order chi connectivity index (χ1) is 12.5. The quantitative estimate of drug-likeness (QED) is 0.662. The monoisotopic (exact) mass is 362 g/mol. The molecule has 1 unspecified atom stereocenters. The fraction of sp³-hybridized carbons (Fsp3) is 0.600. The third kappa shape index (κ3) is 6.24. The Hall–Kier alpha value is -2.24. The molecule has 0 saturated heterocycles. The van der Waals surface area contributed by atoms with Crippen LogP contribution >= 0.6 is 0 Å². The number of amides is 2. The van der Waals surface area contributed by atoms with Crippen molar-refractivity contribution in [2.24, 2.45) is 5.92 Å². The zero-order valence-corrected chi connectivity index (χ0v) is 16.0. The Morgan fingerprint density at radius 3 is 2.50 bits per heavy atom. The molecule has 2 rings (SSSR count). The third-order valence-electron chi connectivity index (χ3n) is 4.36. The number of rotatable bonds is 9. The average Bonchev–Trinajstić information content (AvgIpc) is 2.61. The van der Waals surface area contributed by atoms with E-state index >= 15 is 0 Å². The lowest BCUT2D eigenvalue weighted by molar-refractivity contribution is -0.122. The number of hydrogen-bond acceptors (Lipinski definition) is 4. The first-order valence-corrected chi connectivity index (χ1v) is 9.40. The van der Waals surface area contributed by atoms with E-state index in [1.165, 1.54) is 6.92 Å². The molecular weight excluding hydrogens is 332 g/mol. The number of hydrogen-bond donors (Lipinski definition) is 2. The molecule has 26 heavy (non-hydrogen) atoms. The molecule has 0 saturated carbocycles. The van der Waals surface area contributed by atoms with Gasteiger partial charge in [-0.3, -0.25) is 9.59 Å². The second-order valence-corrected chi connectivity index (χ2v) is 6.99. The molecule has 2 amide bonds. The first-order valence-electron chi connectivity index (χ1n) is 9.40. The zero-order valence-electron chi connectivity index (χ0n) is 16.0. The minimum Gasteiger partial charge on any atom is -0.486 e. The van der Waals surface area contributed by atoms with Crippen LogP contribution in [0.15, 0.2) is 18.2 Å². The van der Waals surface area contributed by atoms with E-state index in [-0.39, 0.29) is 23.8 Å². The molecule has 1 aromatic rings. The molecule has 1 aromatic carbocycles. The number of carbonyl (C=O) groups is 2. The van der Waals surface area contributed by atoms with Gasteiger partial charge in [-0.2, -0.15) is 0 Å². The van der Waals surface area contributed by atoms with Gasteiger partial charge in [-0.1, -0.05) is 26.3 Å². The molecule has 1 heterocycles. The first kappa shape index (κ1) is 20.1. The summed E-state index contributed by atoms with van der Waals surface area (Å²) in [6.07, 6.45) is 3.12. The normalized spacial score (nSPS) is 14.0. The van der Waals surface area contributed by atoms with Crippen LogP contribution in [0.5, 0.6) is 11.5 Å². The van der Waals surface area contributed by atoms with Gasteiger partial charge in [0.25, 0.3) is 0 Å². The van der Waals surface area contributed by atoms with Crippen LogP contribution in [0.4, 0.5) is 0 Å². The minimum atomic E-state index is -0.0577. The average molecular weight is 362 g/mol. The summed E-state index contributed by atoms with van der Waals surface area (Å²) in [5.74, 6) is 1.81. The van der Waals surface area contributed by atoms with Crippen molar-refractivity contribution < 1.29 is 19.1 Å². The highest BCUT2D eigenvalue weighted by Crippen LogP contribution is 2.34. The van der Waals surface area contributed by atoms with E-state index in [2.05, 4.69) is 24.5 Å². The van der Waals surface area contributed by atoms with Crippen molar-refractivity contribution >= 4 is 11.8 Å². The van der Waals surface area contributed by atoms with Crippen LogP contribution in [0.2, 0.25) is 0 Å². The van der Waals surface area contributed by atoms with Crippen LogP contribution in [-0.4, -0.2) is 31.6 Å². The summed E-state index contributed by atoms with van der Waals surface area (Å²) in [5.41, 5.74) is 1.03. The SMILES string of the molecule is CC(=O)NCCCCCC(=O)NC(c1ccc2c(c1)OCCO2)C(C)C. The summed E-state index contributed by atoms with van der Waals surface area (Å²) < 4.78 is 11.2. The van der Waals surface area contributed by atoms with Crippen molar-refractivity contribution in [3.8, 4) is 11.5 Å². The number of ether oxygens (including phenoxy) is 2. The largest absolute Gasteiger partial charge is 0.486 e. The number of unbranched alkanes of at least 4 members (excludes halogenated alkanes) is 2. The standard InChI is InChI=1S/C20H30N2O4/c1-14(2)20(16-8-9-17-18(13-16)26-12-11-25-17)22-19(24)7-5-4-6-10-21-15(3)23/h8-9,13-14,20H,4-7,10-12H2,1-3H3,(H,21,23)(H,22,24). The van der Waals surface area contributed by atoms with E-state index in [0.717, 1.165) is 36.3 Å². The molecule has 0 aromatic heterocycles. The maximum atomic E-state index is 12.3. The summed E-state index contributed by atoms with van der Waals surface area (Å²) in [6.45, 7) is 7.48. The molecule has 2 N–H and O–H groups in total. The number of carbonyl (C=O) groups excluding carboxylic acids is 2. The van der Waals surface area contributed by atoms with Gasteiger partial charge in [0.05, 0.1) is 6.04 Å². The topological polar surface area (TPSA) is 76.7 Å². The van der Waals surface area contributed by atoms with Crippen molar-refractivity contribution in [1.82, 2.24) is 10.6 Å². The van der Waals surface area contributed by atoms with Crippen LogP contribution in [-0.2, 0) is 9.59 Å². The van der Waals surface area contributed by atoms with Crippen LogP contribution in [0.1, 0.15) is 58.1 Å². The lowest BCUT2D eigenvalue weighted by Gasteiger charge is -2.25.